The quantitative estimate of drug-likeness (QED) is 0.619. The highest BCUT2D eigenvalue weighted by molar-refractivity contribution is 5.81. The third-order valence-electron chi connectivity index (χ3n) is 5.76. The van der Waals surface area contributed by atoms with Crippen molar-refractivity contribution < 1.29 is 4.79 Å². The van der Waals surface area contributed by atoms with Gasteiger partial charge in [-0.3, -0.25) is 9.79 Å². The number of guanidine groups is 1. The molecule has 2 N–H and O–H groups in total. The number of aliphatic imine (C=N–C) groups is 1. The zero-order valence-corrected chi connectivity index (χ0v) is 17.1. The number of hydrogen-bond acceptors (Lipinski definition) is 2. The minimum atomic E-state index is 0.277. The van der Waals surface area contributed by atoms with Crippen LogP contribution in [-0.4, -0.2) is 49.5 Å². The van der Waals surface area contributed by atoms with Crippen molar-refractivity contribution in [2.24, 2.45) is 10.9 Å². The maximum Gasteiger partial charge on any atom is 0.225 e. The zero-order valence-electron chi connectivity index (χ0n) is 17.1. The number of aryl methyl sites for hydroxylation is 2. The Bertz CT molecular complexity index is 659. The lowest BCUT2D eigenvalue weighted by atomic mass is 10.1. The van der Waals surface area contributed by atoms with E-state index in [9.17, 15) is 4.79 Å². The van der Waals surface area contributed by atoms with Gasteiger partial charge < -0.3 is 15.5 Å². The molecule has 0 radical (unpaired) electrons. The maximum atomic E-state index is 12.6. The van der Waals surface area contributed by atoms with Crippen LogP contribution < -0.4 is 10.6 Å². The fourth-order valence-corrected chi connectivity index (χ4v) is 4.44. The van der Waals surface area contributed by atoms with E-state index in [1.54, 1.807) is 0 Å². The molecule has 5 nitrogen and oxygen atoms in total. The molecule has 1 unspecified atom stereocenters. The number of nitrogens with one attached hydrogen (secondary N) is 2. The van der Waals surface area contributed by atoms with Gasteiger partial charge in [-0.05, 0) is 45.1 Å². The second-order valence-corrected chi connectivity index (χ2v) is 8.14. The molecule has 5 heteroatoms. The predicted octanol–water partition coefficient (Wildman–Crippen LogP) is 2.80. The van der Waals surface area contributed by atoms with Crippen LogP contribution in [0.1, 0.15) is 48.8 Å². The molecule has 3 rings (SSSR count). The topological polar surface area (TPSA) is 56.7 Å². The molecule has 1 heterocycles. The second-order valence-electron chi connectivity index (χ2n) is 8.14. The van der Waals surface area contributed by atoms with Gasteiger partial charge in [-0.15, -0.1) is 0 Å². The summed E-state index contributed by atoms with van der Waals surface area (Å²) in [6.45, 7) is 6.80. The van der Waals surface area contributed by atoms with Gasteiger partial charge in [-0.25, -0.2) is 0 Å². The average molecular weight is 371 g/mol. The summed E-state index contributed by atoms with van der Waals surface area (Å²) in [5, 5.41) is 6.91. The fourth-order valence-electron chi connectivity index (χ4n) is 4.44. The standard InChI is InChI=1S/C22H34N4O/c1-16-12-17(2)14-18(13-16)8-10-24-22(23-3)25-20-9-11-26(15-20)21(27)19-6-4-5-7-19/h12-14,19-20H,4-11,15H2,1-3H3,(H2,23,24,25). The van der Waals surface area contributed by atoms with E-state index >= 15 is 0 Å². The smallest absolute Gasteiger partial charge is 0.225 e. The van der Waals surface area contributed by atoms with Gasteiger partial charge >= 0.3 is 0 Å². The fraction of sp³-hybridized carbons (Fsp3) is 0.636. The molecule has 1 aromatic carbocycles. The van der Waals surface area contributed by atoms with E-state index in [1.165, 1.54) is 29.5 Å². The lowest BCUT2D eigenvalue weighted by Crippen LogP contribution is -2.45. The van der Waals surface area contributed by atoms with Crippen molar-refractivity contribution in [3.8, 4) is 0 Å². The van der Waals surface area contributed by atoms with Gasteiger partial charge in [0.1, 0.15) is 0 Å². The van der Waals surface area contributed by atoms with Gasteiger partial charge in [0.05, 0.1) is 0 Å². The summed E-state index contributed by atoms with van der Waals surface area (Å²) in [6.07, 6.45) is 6.55. The molecular formula is C22H34N4O. The Hall–Kier alpha value is -2.04. The van der Waals surface area contributed by atoms with Crippen molar-refractivity contribution in [1.29, 1.82) is 0 Å². The number of rotatable bonds is 5. The van der Waals surface area contributed by atoms with E-state index in [-0.39, 0.29) is 5.92 Å². The Morgan fingerprint density at radius 1 is 1.15 bits per heavy atom. The third-order valence-corrected chi connectivity index (χ3v) is 5.76. The van der Waals surface area contributed by atoms with Crippen molar-refractivity contribution >= 4 is 11.9 Å². The number of carbonyl (C=O) groups excluding carboxylic acids is 1. The SMILES string of the molecule is CN=C(NCCc1cc(C)cc(C)c1)NC1CCN(C(=O)C2CCCC2)C1. The molecule has 1 aliphatic carbocycles. The minimum Gasteiger partial charge on any atom is -0.356 e. The predicted molar refractivity (Wildman–Crippen MR) is 111 cm³/mol. The molecule has 27 heavy (non-hydrogen) atoms. The number of benzene rings is 1. The van der Waals surface area contributed by atoms with Crippen molar-refractivity contribution in [3.63, 3.8) is 0 Å². The first-order valence-corrected chi connectivity index (χ1v) is 10.4. The van der Waals surface area contributed by atoms with Gasteiger partial charge in [-0.1, -0.05) is 42.2 Å². The van der Waals surface area contributed by atoms with E-state index in [4.69, 9.17) is 0 Å². The Morgan fingerprint density at radius 3 is 2.52 bits per heavy atom. The summed E-state index contributed by atoms with van der Waals surface area (Å²) in [7, 11) is 1.81. The molecule has 0 spiro atoms. The summed E-state index contributed by atoms with van der Waals surface area (Å²) in [4.78, 5) is 19.0. The largest absolute Gasteiger partial charge is 0.356 e. The van der Waals surface area contributed by atoms with Crippen LogP contribution in [-0.2, 0) is 11.2 Å². The van der Waals surface area contributed by atoms with Crippen LogP contribution in [0.4, 0.5) is 0 Å². The first-order chi connectivity index (χ1) is 13.0. The normalized spacial score (nSPS) is 20.9. The van der Waals surface area contributed by atoms with Gasteiger partial charge in [0.25, 0.3) is 0 Å². The van der Waals surface area contributed by atoms with Crippen LogP contribution >= 0.6 is 0 Å². The van der Waals surface area contributed by atoms with Crippen molar-refractivity contribution in [2.45, 2.75) is 58.4 Å². The highest BCUT2D eigenvalue weighted by Crippen LogP contribution is 2.27. The van der Waals surface area contributed by atoms with E-state index in [0.29, 0.717) is 11.9 Å². The lowest BCUT2D eigenvalue weighted by molar-refractivity contribution is -0.134. The molecule has 1 amide bonds. The van der Waals surface area contributed by atoms with Crippen LogP contribution in [0.3, 0.4) is 0 Å². The van der Waals surface area contributed by atoms with E-state index in [0.717, 1.165) is 51.3 Å². The number of carbonyl (C=O) groups is 1. The van der Waals surface area contributed by atoms with Crippen LogP contribution in [0.5, 0.6) is 0 Å². The molecule has 1 saturated carbocycles. The lowest BCUT2D eigenvalue weighted by Gasteiger charge is -2.21. The highest BCUT2D eigenvalue weighted by atomic mass is 16.2. The van der Waals surface area contributed by atoms with Crippen LogP contribution in [0.2, 0.25) is 0 Å². The molecule has 1 aliphatic heterocycles. The van der Waals surface area contributed by atoms with Crippen molar-refractivity contribution in [1.82, 2.24) is 15.5 Å². The average Bonchev–Trinajstić information content (AvgIpc) is 3.31. The summed E-state index contributed by atoms with van der Waals surface area (Å²) in [5.41, 5.74) is 3.97. The van der Waals surface area contributed by atoms with Crippen molar-refractivity contribution in [3.05, 3.63) is 34.9 Å². The number of nitrogens with zero attached hydrogens (tertiary/aromatic N) is 2. The van der Waals surface area contributed by atoms with Crippen LogP contribution in [0, 0.1) is 19.8 Å². The van der Waals surface area contributed by atoms with E-state index in [1.807, 2.05) is 7.05 Å². The van der Waals surface area contributed by atoms with Gasteiger partial charge in [0, 0.05) is 38.6 Å². The molecular weight excluding hydrogens is 336 g/mol. The van der Waals surface area contributed by atoms with Crippen molar-refractivity contribution in [2.75, 3.05) is 26.7 Å². The minimum absolute atomic E-state index is 0.277. The molecule has 1 saturated heterocycles. The first kappa shape index (κ1) is 19.7. The molecule has 0 aromatic heterocycles. The Balaban J connectivity index is 1.43. The summed E-state index contributed by atoms with van der Waals surface area (Å²) < 4.78 is 0. The third kappa shape index (κ3) is 5.47. The Morgan fingerprint density at radius 2 is 1.85 bits per heavy atom. The first-order valence-electron chi connectivity index (χ1n) is 10.4. The van der Waals surface area contributed by atoms with Gasteiger partial charge in [0.2, 0.25) is 5.91 Å². The maximum absolute atomic E-state index is 12.6. The monoisotopic (exact) mass is 370 g/mol. The van der Waals surface area contributed by atoms with Crippen LogP contribution in [0.15, 0.2) is 23.2 Å². The second kappa shape index (κ2) is 9.25. The Kier molecular flexibility index (Phi) is 6.75. The highest BCUT2D eigenvalue weighted by Gasteiger charge is 2.32. The van der Waals surface area contributed by atoms with E-state index in [2.05, 4.69) is 52.6 Å². The number of hydrogen-bond donors (Lipinski definition) is 2. The summed E-state index contributed by atoms with van der Waals surface area (Å²) in [5.74, 6) is 1.48. The summed E-state index contributed by atoms with van der Waals surface area (Å²) in [6, 6.07) is 6.99. The zero-order chi connectivity index (χ0) is 19.2. The molecule has 1 aromatic rings. The molecule has 0 bridgehead atoms. The molecule has 2 fully saturated rings. The van der Waals surface area contributed by atoms with Gasteiger partial charge in [-0.2, -0.15) is 0 Å². The Labute approximate surface area is 163 Å². The number of likely N-dealkylation sites (tertiary alicyclic amines) is 1. The van der Waals surface area contributed by atoms with E-state index < -0.39 is 0 Å². The van der Waals surface area contributed by atoms with Crippen LogP contribution in [0.25, 0.3) is 0 Å². The summed E-state index contributed by atoms with van der Waals surface area (Å²) >= 11 is 0. The van der Waals surface area contributed by atoms with Gasteiger partial charge in [0.15, 0.2) is 5.96 Å². The molecule has 148 valence electrons. The molecule has 2 aliphatic rings. The molecule has 1 atom stereocenters. The number of amides is 1.